The molecular formula is C17H17N3O3. The highest BCUT2D eigenvalue weighted by molar-refractivity contribution is 5.95. The maximum atomic E-state index is 12.4. The quantitative estimate of drug-likeness (QED) is 0.785. The molecule has 3 rings (SSSR count). The van der Waals surface area contributed by atoms with Crippen molar-refractivity contribution >= 4 is 11.4 Å². The molecule has 0 fully saturated rings. The number of carbonyl (C=O) groups is 1. The summed E-state index contributed by atoms with van der Waals surface area (Å²) in [5.74, 6) is 0.952. The molecule has 0 radical (unpaired) electrons. The van der Waals surface area contributed by atoms with Crippen LogP contribution in [-0.2, 0) is 6.54 Å². The second kappa shape index (κ2) is 6.39. The predicted octanol–water partition coefficient (Wildman–Crippen LogP) is 2.28. The Labute approximate surface area is 133 Å². The molecule has 0 spiro atoms. The molecule has 0 aliphatic carbocycles. The molecule has 0 atom stereocenters. The summed E-state index contributed by atoms with van der Waals surface area (Å²) in [6.45, 7) is 0.395. The van der Waals surface area contributed by atoms with Gasteiger partial charge in [0.05, 0.1) is 25.9 Å². The highest BCUT2D eigenvalue weighted by Gasteiger charge is 2.11. The second-order valence-electron chi connectivity index (χ2n) is 4.98. The van der Waals surface area contributed by atoms with E-state index in [0.29, 0.717) is 23.6 Å². The van der Waals surface area contributed by atoms with E-state index in [9.17, 15) is 4.79 Å². The van der Waals surface area contributed by atoms with E-state index in [2.05, 4.69) is 10.4 Å². The molecule has 6 heteroatoms. The van der Waals surface area contributed by atoms with Gasteiger partial charge in [-0.15, -0.1) is 0 Å². The molecule has 1 aromatic carbocycles. The van der Waals surface area contributed by atoms with Gasteiger partial charge in [0.1, 0.15) is 11.5 Å². The zero-order chi connectivity index (χ0) is 16.2. The lowest BCUT2D eigenvalue weighted by Crippen LogP contribution is -2.22. The van der Waals surface area contributed by atoms with Crippen molar-refractivity contribution in [1.29, 1.82) is 0 Å². The molecule has 3 aromatic rings. The number of pyridine rings is 1. The van der Waals surface area contributed by atoms with E-state index < -0.39 is 0 Å². The number of ether oxygens (including phenoxy) is 2. The van der Waals surface area contributed by atoms with Gasteiger partial charge in [-0.05, 0) is 24.3 Å². The van der Waals surface area contributed by atoms with E-state index in [1.54, 1.807) is 43.1 Å². The summed E-state index contributed by atoms with van der Waals surface area (Å²) in [6, 6.07) is 10.9. The van der Waals surface area contributed by atoms with Gasteiger partial charge in [0.2, 0.25) is 0 Å². The molecule has 0 unspecified atom stereocenters. The van der Waals surface area contributed by atoms with E-state index in [4.69, 9.17) is 9.47 Å². The number of nitrogens with zero attached hydrogens (tertiary/aromatic N) is 2. The minimum Gasteiger partial charge on any atom is -0.497 e. The Morgan fingerprint density at radius 3 is 2.61 bits per heavy atom. The average molecular weight is 311 g/mol. The first-order chi connectivity index (χ1) is 11.2. The zero-order valence-corrected chi connectivity index (χ0v) is 12.9. The van der Waals surface area contributed by atoms with Gasteiger partial charge in [-0.1, -0.05) is 6.07 Å². The number of aromatic nitrogens is 2. The Morgan fingerprint density at radius 2 is 1.91 bits per heavy atom. The predicted molar refractivity (Wildman–Crippen MR) is 85.9 cm³/mol. The maximum Gasteiger partial charge on any atom is 0.251 e. The van der Waals surface area contributed by atoms with Crippen molar-refractivity contribution in [3.8, 4) is 11.5 Å². The van der Waals surface area contributed by atoms with Crippen molar-refractivity contribution < 1.29 is 14.3 Å². The molecule has 1 amide bonds. The van der Waals surface area contributed by atoms with E-state index >= 15 is 0 Å². The molecule has 6 nitrogen and oxygen atoms in total. The molecule has 118 valence electrons. The number of benzene rings is 1. The van der Waals surface area contributed by atoms with Crippen molar-refractivity contribution in [3.05, 3.63) is 59.9 Å². The Morgan fingerprint density at radius 1 is 1.17 bits per heavy atom. The van der Waals surface area contributed by atoms with Crippen LogP contribution in [0.25, 0.3) is 5.52 Å². The van der Waals surface area contributed by atoms with Crippen LogP contribution in [0.1, 0.15) is 15.9 Å². The highest BCUT2D eigenvalue weighted by Crippen LogP contribution is 2.22. The van der Waals surface area contributed by atoms with Crippen LogP contribution in [0.5, 0.6) is 11.5 Å². The summed E-state index contributed by atoms with van der Waals surface area (Å²) in [5.41, 5.74) is 2.41. The molecule has 2 aromatic heterocycles. The monoisotopic (exact) mass is 311 g/mol. The first-order valence-corrected chi connectivity index (χ1v) is 7.14. The topological polar surface area (TPSA) is 64.9 Å². The fourth-order valence-electron chi connectivity index (χ4n) is 2.34. The lowest BCUT2D eigenvalue weighted by atomic mass is 10.1. The normalized spacial score (nSPS) is 10.5. The molecule has 23 heavy (non-hydrogen) atoms. The van der Waals surface area contributed by atoms with Gasteiger partial charge >= 0.3 is 0 Å². The standard InChI is InChI=1S/C17H17N3O3/c1-22-14-7-12(8-15(9-14)23-2)17(21)18-10-13-11-19-20-6-4-3-5-16(13)20/h3-9,11H,10H2,1-2H3,(H,18,21). The summed E-state index contributed by atoms with van der Waals surface area (Å²) in [5, 5.41) is 7.14. The van der Waals surface area contributed by atoms with Crippen LogP contribution in [0.15, 0.2) is 48.8 Å². The van der Waals surface area contributed by atoms with E-state index in [1.807, 2.05) is 24.4 Å². The number of carbonyl (C=O) groups excluding carboxylic acids is 1. The fourth-order valence-corrected chi connectivity index (χ4v) is 2.34. The summed E-state index contributed by atoms with van der Waals surface area (Å²) in [4.78, 5) is 12.4. The number of rotatable bonds is 5. The van der Waals surface area contributed by atoms with Crippen LogP contribution in [0.3, 0.4) is 0 Å². The Hall–Kier alpha value is -3.02. The third-order valence-corrected chi connectivity index (χ3v) is 3.56. The van der Waals surface area contributed by atoms with Crippen molar-refractivity contribution in [2.75, 3.05) is 14.2 Å². The number of fused-ring (bicyclic) bond motifs is 1. The molecule has 0 aliphatic heterocycles. The van der Waals surface area contributed by atoms with Gasteiger partial charge in [0.25, 0.3) is 5.91 Å². The summed E-state index contributed by atoms with van der Waals surface area (Å²) in [6.07, 6.45) is 3.62. The molecule has 0 aliphatic rings. The second-order valence-corrected chi connectivity index (χ2v) is 4.98. The molecule has 0 saturated carbocycles. The van der Waals surface area contributed by atoms with Gasteiger partial charge in [0.15, 0.2) is 0 Å². The maximum absolute atomic E-state index is 12.4. The number of amides is 1. The van der Waals surface area contributed by atoms with Crippen LogP contribution in [0, 0.1) is 0 Å². The van der Waals surface area contributed by atoms with E-state index in [0.717, 1.165) is 11.1 Å². The Kier molecular flexibility index (Phi) is 4.14. The number of methoxy groups -OCH3 is 2. The van der Waals surface area contributed by atoms with Gasteiger partial charge in [0, 0.05) is 29.9 Å². The number of hydrogen-bond donors (Lipinski definition) is 1. The third kappa shape index (κ3) is 3.11. The van der Waals surface area contributed by atoms with Crippen molar-refractivity contribution in [2.24, 2.45) is 0 Å². The first kappa shape index (κ1) is 14.9. The number of hydrogen-bond acceptors (Lipinski definition) is 4. The van der Waals surface area contributed by atoms with Crippen LogP contribution in [0.2, 0.25) is 0 Å². The first-order valence-electron chi connectivity index (χ1n) is 7.14. The van der Waals surface area contributed by atoms with E-state index in [-0.39, 0.29) is 5.91 Å². The van der Waals surface area contributed by atoms with Gasteiger partial charge in [-0.25, -0.2) is 4.52 Å². The largest absolute Gasteiger partial charge is 0.497 e. The highest BCUT2D eigenvalue weighted by atomic mass is 16.5. The van der Waals surface area contributed by atoms with Crippen LogP contribution < -0.4 is 14.8 Å². The minimum atomic E-state index is -0.197. The molecule has 0 bridgehead atoms. The van der Waals surface area contributed by atoms with Crippen molar-refractivity contribution in [1.82, 2.24) is 14.9 Å². The van der Waals surface area contributed by atoms with Crippen molar-refractivity contribution in [3.63, 3.8) is 0 Å². The SMILES string of the molecule is COc1cc(OC)cc(C(=O)NCc2cnn3ccccc23)c1. The summed E-state index contributed by atoms with van der Waals surface area (Å²) >= 11 is 0. The average Bonchev–Trinajstić information content (AvgIpc) is 3.02. The minimum absolute atomic E-state index is 0.197. The lowest BCUT2D eigenvalue weighted by Gasteiger charge is -2.09. The van der Waals surface area contributed by atoms with Gasteiger partial charge in [-0.3, -0.25) is 4.79 Å². The summed E-state index contributed by atoms with van der Waals surface area (Å²) in [7, 11) is 3.10. The van der Waals surface area contributed by atoms with Gasteiger partial charge < -0.3 is 14.8 Å². The number of nitrogens with one attached hydrogen (secondary N) is 1. The van der Waals surface area contributed by atoms with Crippen LogP contribution >= 0.6 is 0 Å². The van der Waals surface area contributed by atoms with Crippen LogP contribution in [-0.4, -0.2) is 29.7 Å². The summed E-state index contributed by atoms with van der Waals surface area (Å²) < 4.78 is 12.1. The van der Waals surface area contributed by atoms with Crippen molar-refractivity contribution in [2.45, 2.75) is 6.54 Å². The Balaban J connectivity index is 1.77. The molecule has 0 saturated heterocycles. The zero-order valence-electron chi connectivity index (χ0n) is 12.9. The molecule has 2 heterocycles. The molecule has 1 N–H and O–H groups in total. The van der Waals surface area contributed by atoms with E-state index in [1.165, 1.54) is 0 Å². The lowest BCUT2D eigenvalue weighted by molar-refractivity contribution is 0.0950. The van der Waals surface area contributed by atoms with Gasteiger partial charge in [-0.2, -0.15) is 5.10 Å². The third-order valence-electron chi connectivity index (χ3n) is 3.56. The smallest absolute Gasteiger partial charge is 0.251 e. The van der Waals surface area contributed by atoms with Crippen LogP contribution in [0.4, 0.5) is 0 Å². The Bertz CT molecular complexity index is 820. The fraction of sp³-hybridized carbons (Fsp3) is 0.176. The molecular weight excluding hydrogens is 294 g/mol.